The monoisotopic (exact) mass is 341 g/mol. The van der Waals surface area contributed by atoms with Gasteiger partial charge in [0.2, 0.25) is 11.8 Å². The third-order valence-electron chi connectivity index (χ3n) is 3.07. The summed E-state index contributed by atoms with van der Waals surface area (Å²) in [7, 11) is 0. The summed E-state index contributed by atoms with van der Waals surface area (Å²) in [5, 5.41) is 2.14. The van der Waals surface area contributed by atoms with Crippen molar-refractivity contribution in [2.24, 2.45) is 0 Å². The molecule has 2 aromatic rings. The van der Waals surface area contributed by atoms with Crippen LogP contribution in [0.1, 0.15) is 33.6 Å². The Kier molecular flexibility index (Phi) is 6.41. The molecule has 1 heterocycles. The van der Waals surface area contributed by atoms with Gasteiger partial charge in [0.05, 0.1) is 11.1 Å². The number of carbonyl (C=O) groups is 4. The topological polar surface area (TPSA) is 98.8 Å². The van der Waals surface area contributed by atoms with Crippen molar-refractivity contribution in [3.63, 3.8) is 0 Å². The van der Waals surface area contributed by atoms with Gasteiger partial charge in [0.1, 0.15) is 0 Å². The molecule has 2 amide bonds. The Bertz CT molecular complexity index is 692. The standard InChI is InChI=1S/C14H10O4.C4H5NO2/c15-13(11-7-3-1-4-8-11)17-18-14(16)12-9-5-2-6-10-12;6-3-1-2-4(7)5-3/h1-10H;1-2H2,(H,5,6,7). The van der Waals surface area contributed by atoms with Crippen LogP contribution in [0.25, 0.3) is 0 Å². The largest absolute Gasteiger partial charge is 0.386 e. The molecule has 1 aliphatic rings. The van der Waals surface area contributed by atoms with Gasteiger partial charge >= 0.3 is 11.9 Å². The number of benzene rings is 2. The van der Waals surface area contributed by atoms with Crippen LogP contribution in [0, 0.1) is 0 Å². The minimum absolute atomic E-state index is 0.148. The average molecular weight is 341 g/mol. The molecule has 0 aromatic heterocycles. The second-order valence-corrected chi connectivity index (χ2v) is 4.94. The van der Waals surface area contributed by atoms with E-state index in [2.05, 4.69) is 15.1 Å². The molecule has 0 bridgehead atoms. The van der Waals surface area contributed by atoms with Crippen LogP contribution in [0.5, 0.6) is 0 Å². The molecule has 0 radical (unpaired) electrons. The minimum atomic E-state index is -0.708. The third kappa shape index (κ3) is 5.91. The van der Waals surface area contributed by atoms with E-state index in [0.717, 1.165) is 0 Å². The van der Waals surface area contributed by atoms with Gasteiger partial charge in [-0.1, -0.05) is 36.4 Å². The lowest BCUT2D eigenvalue weighted by Crippen LogP contribution is -2.18. The van der Waals surface area contributed by atoms with Crippen LogP contribution in [0.15, 0.2) is 60.7 Å². The van der Waals surface area contributed by atoms with Gasteiger partial charge < -0.3 is 0 Å². The summed E-state index contributed by atoms with van der Waals surface area (Å²) in [6.07, 6.45) is 0.748. The van der Waals surface area contributed by atoms with Crippen molar-refractivity contribution in [2.75, 3.05) is 0 Å². The highest BCUT2D eigenvalue weighted by Gasteiger charge is 2.15. The lowest BCUT2D eigenvalue weighted by molar-refractivity contribution is -0.187. The second kappa shape index (κ2) is 8.97. The SMILES string of the molecule is O=C(OOC(=O)c1ccccc1)c1ccccc1.O=C1CCC(=O)N1. The molecule has 1 saturated heterocycles. The normalized spacial score (nSPS) is 12.5. The van der Waals surface area contributed by atoms with Gasteiger partial charge in [-0.15, -0.1) is 0 Å². The number of amides is 2. The van der Waals surface area contributed by atoms with Crippen molar-refractivity contribution in [1.29, 1.82) is 0 Å². The van der Waals surface area contributed by atoms with Crippen molar-refractivity contribution in [3.05, 3.63) is 71.8 Å². The number of nitrogens with one attached hydrogen (secondary N) is 1. The molecule has 7 heteroatoms. The Balaban J connectivity index is 0.000000269. The summed E-state index contributed by atoms with van der Waals surface area (Å²) in [5.41, 5.74) is 0.636. The summed E-state index contributed by atoms with van der Waals surface area (Å²) in [6.45, 7) is 0. The van der Waals surface area contributed by atoms with Crippen molar-refractivity contribution < 1.29 is 29.0 Å². The lowest BCUT2D eigenvalue weighted by Gasteiger charge is -2.02. The Labute approximate surface area is 143 Å². The summed E-state index contributed by atoms with van der Waals surface area (Å²) >= 11 is 0. The Hall–Kier alpha value is -3.48. The Morgan fingerprint density at radius 1 is 0.680 bits per heavy atom. The van der Waals surface area contributed by atoms with Gasteiger partial charge in [-0.3, -0.25) is 14.9 Å². The highest BCUT2D eigenvalue weighted by Crippen LogP contribution is 2.05. The fraction of sp³-hybridized carbons (Fsp3) is 0.111. The van der Waals surface area contributed by atoms with E-state index in [1.54, 1.807) is 60.7 Å². The maximum absolute atomic E-state index is 11.5. The van der Waals surface area contributed by atoms with E-state index in [9.17, 15) is 19.2 Å². The smallest absolute Gasteiger partial charge is 0.296 e. The van der Waals surface area contributed by atoms with Gasteiger partial charge in [-0.2, -0.15) is 0 Å². The molecule has 25 heavy (non-hydrogen) atoms. The van der Waals surface area contributed by atoms with Gasteiger partial charge in [0.25, 0.3) is 0 Å². The molecule has 1 N–H and O–H groups in total. The summed E-state index contributed by atoms with van der Waals surface area (Å²) in [6, 6.07) is 16.6. The highest BCUT2D eigenvalue weighted by atomic mass is 17.2. The predicted octanol–water partition coefficient (Wildman–Crippen LogP) is 2.04. The molecule has 128 valence electrons. The molecule has 1 fully saturated rings. The first-order valence-corrected chi connectivity index (χ1v) is 7.42. The average Bonchev–Trinajstić information content (AvgIpc) is 3.04. The molecule has 3 rings (SSSR count). The molecule has 0 spiro atoms. The van der Waals surface area contributed by atoms with Crippen molar-refractivity contribution in [1.82, 2.24) is 5.32 Å². The summed E-state index contributed by atoms with van der Waals surface area (Å²) < 4.78 is 0. The molecule has 7 nitrogen and oxygen atoms in total. The number of rotatable bonds is 2. The van der Waals surface area contributed by atoms with E-state index in [1.165, 1.54) is 0 Å². The van der Waals surface area contributed by atoms with E-state index in [-0.39, 0.29) is 11.8 Å². The maximum atomic E-state index is 11.5. The highest BCUT2D eigenvalue weighted by molar-refractivity contribution is 6.01. The van der Waals surface area contributed by atoms with Crippen LogP contribution in [0.4, 0.5) is 0 Å². The quantitative estimate of drug-likeness (QED) is 0.510. The summed E-state index contributed by atoms with van der Waals surface area (Å²) in [4.78, 5) is 52.1. The van der Waals surface area contributed by atoms with Gasteiger partial charge in [-0.25, -0.2) is 19.4 Å². The molecular formula is C18H15NO6. The fourth-order valence-electron chi connectivity index (χ4n) is 1.83. The van der Waals surface area contributed by atoms with Gasteiger partial charge in [0, 0.05) is 12.8 Å². The zero-order valence-corrected chi connectivity index (χ0v) is 13.1. The van der Waals surface area contributed by atoms with E-state index in [0.29, 0.717) is 24.0 Å². The summed E-state index contributed by atoms with van der Waals surface area (Å²) in [5.74, 6) is -1.71. The number of carbonyl (C=O) groups excluding carboxylic acids is 4. The molecule has 0 saturated carbocycles. The maximum Gasteiger partial charge on any atom is 0.386 e. The van der Waals surface area contributed by atoms with E-state index in [1.807, 2.05) is 0 Å². The predicted molar refractivity (Wildman–Crippen MR) is 86.1 cm³/mol. The zero-order chi connectivity index (χ0) is 18.1. The molecule has 0 aliphatic carbocycles. The first-order valence-electron chi connectivity index (χ1n) is 7.42. The van der Waals surface area contributed by atoms with Crippen LogP contribution in [0.2, 0.25) is 0 Å². The molecule has 1 aliphatic heterocycles. The van der Waals surface area contributed by atoms with Crippen molar-refractivity contribution in [3.8, 4) is 0 Å². The van der Waals surface area contributed by atoms with Crippen molar-refractivity contribution >= 4 is 23.8 Å². The van der Waals surface area contributed by atoms with Crippen LogP contribution in [-0.4, -0.2) is 23.8 Å². The van der Waals surface area contributed by atoms with Crippen LogP contribution >= 0.6 is 0 Å². The van der Waals surface area contributed by atoms with Crippen molar-refractivity contribution in [2.45, 2.75) is 12.8 Å². The fourth-order valence-corrected chi connectivity index (χ4v) is 1.83. The van der Waals surface area contributed by atoms with Crippen LogP contribution < -0.4 is 5.32 Å². The third-order valence-corrected chi connectivity index (χ3v) is 3.07. The minimum Gasteiger partial charge on any atom is -0.296 e. The molecule has 0 unspecified atom stereocenters. The number of hydrogen-bond donors (Lipinski definition) is 1. The second-order valence-electron chi connectivity index (χ2n) is 4.94. The van der Waals surface area contributed by atoms with E-state index >= 15 is 0 Å². The van der Waals surface area contributed by atoms with E-state index in [4.69, 9.17) is 0 Å². The Morgan fingerprint density at radius 2 is 1.04 bits per heavy atom. The van der Waals surface area contributed by atoms with Crippen LogP contribution in [-0.2, 0) is 19.4 Å². The molecular weight excluding hydrogens is 326 g/mol. The first kappa shape index (κ1) is 17.9. The zero-order valence-electron chi connectivity index (χ0n) is 13.1. The molecule has 0 atom stereocenters. The lowest BCUT2D eigenvalue weighted by atomic mass is 10.2. The number of imide groups is 1. The first-order chi connectivity index (χ1) is 12.1. The molecule has 2 aromatic carbocycles. The van der Waals surface area contributed by atoms with Crippen LogP contribution in [0.3, 0.4) is 0 Å². The van der Waals surface area contributed by atoms with Gasteiger partial charge in [0.15, 0.2) is 0 Å². The van der Waals surface area contributed by atoms with E-state index < -0.39 is 11.9 Å². The van der Waals surface area contributed by atoms with Gasteiger partial charge in [-0.05, 0) is 24.3 Å². The Morgan fingerprint density at radius 3 is 1.32 bits per heavy atom. The number of hydrogen-bond acceptors (Lipinski definition) is 6.